The van der Waals surface area contributed by atoms with Crippen LogP contribution in [0.3, 0.4) is 0 Å². The minimum atomic E-state index is -1.51. The number of alkyl halides is 1. The van der Waals surface area contributed by atoms with E-state index in [1.54, 1.807) is 30.3 Å². The first-order valence-corrected chi connectivity index (χ1v) is 13.8. The van der Waals surface area contributed by atoms with Crippen molar-refractivity contribution in [3.05, 3.63) is 105 Å². The molecule has 216 valence electrons. The van der Waals surface area contributed by atoms with Crippen LogP contribution in [0.5, 0.6) is 0 Å². The third-order valence-electron chi connectivity index (χ3n) is 7.14. The minimum absolute atomic E-state index is 0.0236. The van der Waals surface area contributed by atoms with E-state index in [1.165, 1.54) is 54.5 Å². The third-order valence-corrected chi connectivity index (χ3v) is 7.48. The molecule has 4 aromatic rings. The van der Waals surface area contributed by atoms with Gasteiger partial charge in [0.15, 0.2) is 0 Å². The molecule has 0 radical (unpaired) electrons. The molecule has 0 saturated carbocycles. The van der Waals surface area contributed by atoms with Gasteiger partial charge < -0.3 is 16.4 Å². The van der Waals surface area contributed by atoms with E-state index < -0.39 is 35.4 Å². The summed E-state index contributed by atoms with van der Waals surface area (Å²) in [5.74, 6) is -2.02. The second-order valence-electron chi connectivity index (χ2n) is 9.93. The Hall–Kier alpha value is -4.28. The Labute approximate surface area is 250 Å². The average Bonchev–Trinajstić information content (AvgIpc) is 2.97. The minimum Gasteiger partial charge on any atom is -0.388 e. The predicted molar refractivity (Wildman–Crippen MR) is 160 cm³/mol. The fourth-order valence-corrected chi connectivity index (χ4v) is 5.09. The Balaban J connectivity index is 1.61. The summed E-state index contributed by atoms with van der Waals surface area (Å²) >= 11 is 12.0. The zero-order chi connectivity index (χ0) is 30.0. The summed E-state index contributed by atoms with van der Waals surface area (Å²) in [6, 6.07) is 13.0. The van der Waals surface area contributed by atoms with Crippen LogP contribution in [0.4, 0.5) is 20.2 Å². The predicted octanol–water partition coefficient (Wildman–Crippen LogP) is 6.47. The summed E-state index contributed by atoms with van der Waals surface area (Å²) in [4.78, 5) is 35.4. The van der Waals surface area contributed by atoms with Gasteiger partial charge in [0, 0.05) is 46.0 Å². The topological polar surface area (TPSA) is 115 Å². The number of amides is 1. The largest absolute Gasteiger partial charge is 0.388 e. The molecule has 1 aliphatic heterocycles. The van der Waals surface area contributed by atoms with E-state index in [-0.39, 0.29) is 18.0 Å². The quantitative estimate of drug-likeness (QED) is 0.228. The fraction of sp³-hybridized carbons (Fsp3) is 0.200. The highest BCUT2D eigenvalue weighted by Crippen LogP contribution is 2.34. The van der Waals surface area contributed by atoms with Crippen molar-refractivity contribution < 1.29 is 13.6 Å². The Morgan fingerprint density at radius 1 is 1.10 bits per heavy atom. The van der Waals surface area contributed by atoms with Gasteiger partial charge in [-0.25, -0.2) is 13.8 Å². The van der Waals surface area contributed by atoms with Crippen LogP contribution >= 0.6 is 23.2 Å². The highest BCUT2D eigenvalue weighted by Gasteiger charge is 2.28. The zero-order valence-corrected chi connectivity index (χ0v) is 23.8. The smallest absolute Gasteiger partial charge is 0.254 e. The van der Waals surface area contributed by atoms with Crippen LogP contribution < -0.4 is 21.9 Å². The van der Waals surface area contributed by atoms with Gasteiger partial charge in [0.2, 0.25) is 5.91 Å². The van der Waals surface area contributed by atoms with Gasteiger partial charge in [-0.05, 0) is 66.9 Å². The molecule has 0 fully saturated rings. The van der Waals surface area contributed by atoms with Gasteiger partial charge in [-0.15, -0.1) is 0 Å². The molecule has 0 aliphatic carbocycles. The van der Waals surface area contributed by atoms with Crippen molar-refractivity contribution in [2.75, 3.05) is 10.6 Å². The van der Waals surface area contributed by atoms with Gasteiger partial charge in [0.25, 0.3) is 5.56 Å². The highest BCUT2D eigenvalue weighted by molar-refractivity contribution is 6.31. The van der Waals surface area contributed by atoms with E-state index in [2.05, 4.69) is 20.6 Å². The molecule has 1 aliphatic rings. The van der Waals surface area contributed by atoms with Crippen LogP contribution in [0.15, 0.2) is 83.3 Å². The summed E-state index contributed by atoms with van der Waals surface area (Å²) in [7, 11) is 0. The molecule has 0 saturated heterocycles. The lowest BCUT2D eigenvalue weighted by Gasteiger charge is -2.24. The van der Waals surface area contributed by atoms with Crippen molar-refractivity contribution in [2.24, 2.45) is 11.7 Å². The molecule has 2 aromatic carbocycles. The first-order chi connectivity index (χ1) is 20.1. The number of hydrogen-bond donors (Lipinski definition) is 3. The molecule has 42 heavy (non-hydrogen) atoms. The number of nitrogens with one attached hydrogen (secondary N) is 2. The van der Waals surface area contributed by atoms with Crippen molar-refractivity contribution in [2.45, 2.75) is 32.0 Å². The maximum absolute atomic E-state index is 15.3. The molecule has 3 heterocycles. The molecule has 0 spiro atoms. The number of halogens is 4. The molecule has 8 nitrogen and oxygen atoms in total. The van der Waals surface area contributed by atoms with Crippen LogP contribution in [0.25, 0.3) is 22.4 Å². The Bertz CT molecular complexity index is 1740. The number of benzene rings is 2. The van der Waals surface area contributed by atoms with E-state index in [4.69, 9.17) is 28.9 Å². The van der Waals surface area contributed by atoms with Crippen LogP contribution in [0.2, 0.25) is 5.02 Å². The second-order valence-corrected chi connectivity index (χ2v) is 10.8. The van der Waals surface area contributed by atoms with E-state index in [0.717, 1.165) is 0 Å². The monoisotopic (exact) mass is 610 g/mol. The first-order valence-electron chi connectivity index (χ1n) is 13.1. The first kappa shape index (κ1) is 29.2. The highest BCUT2D eigenvalue weighted by atomic mass is 35.5. The van der Waals surface area contributed by atoms with Crippen molar-refractivity contribution >= 4 is 40.5 Å². The van der Waals surface area contributed by atoms with Gasteiger partial charge in [0.05, 0.1) is 29.7 Å². The maximum atomic E-state index is 15.3. The average molecular weight is 611 g/mol. The van der Waals surface area contributed by atoms with Crippen LogP contribution in [-0.2, 0) is 4.79 Å². The van der Waals surface area contributed by atoms with Crippen LogP contribution in [0, 0.1) is 11.7 Å². The van der Waals surface area contributed by atoms with Gasteiger partial charge in [-0.3, -0.25) is 19.1 Å². The number of carbonyl (C=O) groups excluding carboxylic acids is 1. The number of nitrogens with two attached hydrogens (primary N) is 1. The van der Waals surface area contributed by atoms with Crippen LogP contribution in [0.1, 0.15) is 31.5 Å². The van der Waals surface area contributed by atoms with Gasteiger partial charge in [-0.1, -0.05) is 30.1 Å². The van der Waals surface area contributed by atoms with Gasteiger partial charge >= 0.3 is 0 Å². The molecule has 3 atom stereocenters. The van der Waals surface area contributed by atoms with E-state index >= 15 is 4.39 Å². The molecular formula is C30H26Cl2F2N6O2. The Kier molecular flexibility index (Phi) is 8.56. The number of nitrogens with zero attached hydrogens (tertiary/aromatic N) is 3. The number of carbonyl (C=O) groups is 1. The second kappa shape index (κ2) is 12.3. The standard InChI is InChI=1S/C30H26Cl2F2N6O2/c1-16-22(34)4-7-27(26-10-17(8-9-36-26)20-12-19(33)3-6-24(20)39-30(16)42)40-15-38-25(13-29(40)41)21-11-18(31)2-5-23(21)37-14-28(32)35/h2-3,5-6,8-16,22,27,37H,4,7,35H2,1H3,(H,39,42)/b28-14-. The molecular weight excluding hydrogens is 585 g/mol. The summed E-state index contributed by atoms with van der Waals surface area (Å²) in [6.07, 6.45) is 2.90. The molecule has 4 N–H and O–H groups in total. The lowest BCUT2D eigenvalue weighted by atomic mass is 9.94. The number of rotatable bonds is 4. The molecule has 2 bridgehead atoms. The number of aromatic nitrogens is 3. The molecule has 12 heteroatoms. The number of pyridine rings is 1. The SMILES string of the molecule is CC1C(=O)Nc2ccc(F)cc2-c2ccnc(c2)C(n2cnc(-c3cc(Cl)ccc3N/C=C(\N)Cl)cc2=O)CCC1F. The van der Waals surface area contributed by atoms with Gasteiger partial charge in [-0.2, -0.15) is 0 Å². The third kappa shape index (κ3) is 6.29. The summed E-state index contributed by atoms with van der Waals surface area (Å²) in [5, 5.41) is 6.15. The van der Waals surface area contributed by atoms with Crippen LogP contribution in [-0.4, -0.2) is 26.6 Å². The normalized spacial score (nSPS) is 19.2. The number of anilines is 2. The van der Waals surface area contributed by atoms with Crippen molar-refractivity contribution in [1.29, 1.82) is 0 Å². The lowest BCUT2D eigenvalue weighted by Crippen LogP contribution is -2.31. The lowest BCUT2D eigenvalue weighted by molar-refractivity contribution is -0.121. The zero-order valence-electron chi connectivity index (χ0n) is 22.3. The van der Waals surface area contributed by atoms with Crippen molar-refractivity contribution in [3.8, 4) is 22.4 Å². The number of fused-ring (bicyclic) bond motifs is 4. The maximum Gasteiger partial charge on any atom is 0.254 e. The Morgan fingerprint density at radius 2 is 1.90 bits per heavy atom. The van der Waals surface area contributed by atoms with Gasteiger partial charge in [0.1, 0.15) is 17.1 Å². The molecule has 3 unspecified atom stereocenters. The fourth-order valence-electron chi connectivity index (χ4n) is 4.86. The van der Waals surface area contributed by atoms with E-state index in [1.807, 2.05) is 0 Å². The van der Waals surface area contributed by atoms with Crippen molar-refractivity contribution in [3.63, 3.8) is 0 Å². The molecule has 5 rings (SSSR count). The van der Waals surface area contributed by atoms with E-state index in [0.29, 0.717) is 44.5 Å². The summed E-state index contributed by atoms with van der Waals surface area (Å²) in [5.41, 5.74) is 8.31. The summed E-state index contributed by atoms with van der Waals surface area (Å²) < 4.78 is 31.0. The molecule has 2 aromatic heterocycles. The molecule has 1 amide bonds. The number of hydrogen-bond acceptors (Lipinski definition) is 6. The Morgan fingerprint density at radius 3 is 2.67 bits per heavy atom. The summed E-state index contributed by atoms with van der Waals surface area (Å²) in [6.45, 7) is 1.49. The van der Waals surface area contributed by atoms with Crippen molar-refractivity contribution in [1.82, 2.24) is 14.5 Å². The van der Waals surface area contributed by atoms with E-state index in [9.17, 15) is 14.0 Å².